The minimum absolute atomic E-state index is 0.0923. The Balaban J connectivity index is 1.50. The fraction of sp³-hybridized carbons (Fsp3) is 0.800. The second-order valence-corrected chi connectivity index (χ2v) is 9.15. The Morgan fingerprint density at radius 3 is 2.70 bits per heavy atom. The molecule has 2 aliphatic rings. The maximum absolute atomic E-state index is 5.60. The van der Waals surface area contributed by atoms with Crippen LogP contribution in [0, 0.1) is 0 Å². The zero-order chi connectivity index (χ0) is 19.0. The summed E-state index contributed by atoms with van der Waals surface area (Å²) in [6.07, 6.45) is 7.18. The molecular formula is C20H32N6O. The summed E-state index contributed by atoms with van der Waals surface area (Å²) in [6, 6.07) is 0.128. The Labute approximate surface area is 161 Å². The Morgan fingerprint density at radius 2 is 1.93 bits per heavy atom. The van der Waals surface area contributed by atoms with E-state index in [-0.39, 0.29) is 11.5 Å². The van der Waals surface area contributed by atoms with Gasteiger partial charge in [0.05, 0.1) is 6.04 Å². The van der Waals surface area contributed by atoms with E-state index in [0.29, 0.717) is 5.92 Å². The highest BCUT2D eigenvalue weighted by molar-refractivity contribution is 5.07. The number of nitrogens with zero attached hydrogens (tertiary/aromatic N) is 6. The van der Waals surface area contributed by atoms with Crippen LogP contribution < -0.4 is 0 Å². The van der Waals surface area contributed by atoms with Crippen LogP contribution in [0.1, 0.15) is 95.1 Å². The molecule has 27 heavy (non-hydrogen) atoms. The van der Waals surface area contributed by atoms with E-state index >= 15 is 0 Å². The van der Waals surface area contributed by atoms with Gasteiger partial charge in [0.25, 0.3) is 0 Å². The minimum atomic E-state index is -0.0923. The van der Waals surface area contributed by atoms with Gasteiger partial charge in [-0.05, 0) is 39.2 Å². The van der Waals surface area contributed by atoms with Crippen LogP contribution in [-0.4, -0.2) is 42.9 Å². The molecule has 7 nitrogen and oxygen atoms in total. The third kappa shape index (κ3) is 3.79. The van der Waals surface area contributed by atoms with Crippen LogP contribution in [-0.2, 0) is 18.4 Å². The van der Waals surface area contributed by atoms with Gasteiger partial charge in [-0.25, -0.2) is 0 Å². The molecule has 2 aromatic rings. The first-order valence-corrected chi connectivity index (χ1v) is 10.4. The molecule has 0 amide bonds. The number of hydrogen-bond acceptors (Lipinski definition) is 6. The van der Waals surface area contributed by atoms with E-state index in [0.717, 1.165) is 44.2 Å². The fourth-order valence-corrected chi connectivity index (χ4v) is 4.24. The quantitative estimate of drug-likeness (QED) is 0.819. The fourth-order valence-electron chi connectivity index (χ4n) is 4.24. The lowest BCUT2D eigenvalue weighted by atomic mass is 9.95. The van der Waals surface area contributed by atoms with E-state index < -0.39 is 0 Å². The van der Waals surface area contributed by atoms with Crippen molar-refractivity contribution in [2.45, 2.75) is 90.1 Å². The van der Waals surface area contributed by atoms with Crippen molar-refractivity contribution in [1.29, 1.82) is 0 Å². The molecule has 0 radical (unpaired) electrons. The predicted molar refractivity (Wildman–Crippen MR) is 103 cm³/mol. The van der Waals surface area contributed by atoms with Gasteiger partial charge in [-0.1, -0.05) is 32.3 Å². The summed E-state index contributed by atoms with van der Waals surface area (Å²) in [5.41, 5.74) is -0.0923. The van der Waals surface area contributed by atoms with Crippen molar-refractivity contribution in [1.82, 2.24) is 29.8 Å². The van der Waals surface area contributed by atoms with Crippen molar-refractivity contribution in [3.8, 4) is 0 Å². The van der Waals surface area contributed by atoms with Crippen molar-refractivity contribution < 1.29 is 4.52 Å². The van der Waals surface area contributed by atoms with Crippen molar-refractivity contribution in [2.75, 3.05) is 13.1 Å². The summed E-state index contributed by atoms with van der Waals surface area (Å²) in [5.74, 6) is 4.30. The SMILES string of the molecule is C[C@H](c1nc(C(C)(C)C)no1)N1CCC[C@@H](c2nnc3n2CCCCC3)C1. The van der Waals surface area contributed by atoms with E-state index in [1.165, 1.54) is 37.3 Å². The van der Waals surface area contributed by atoms with Crippen LogP contribution in [0.25, 0.3) is 0 Å². The summed E-state index contributed by atoms with van der Waals surface area (Å²) >= 11 is 0. The molecular weight excluding hydrogens is 340 g/mol. The second kappa shape index (κ2) is 7.34. The number of rotatable bonds is 3. The number of aromatic nitrogens is 5. The molecule has 0 spiro atoms. The number of piperidine rings is 1. The first-order valence-electron chi connectivity index (χ1n) is 10.4. The average Bonchev–Trinajstić information content (AvgIpc) is 3.23. The van der Waals surface area contributed by atoms with E-state index in [4.69, 9.17) is 4.52 Å². The number of fused-ring (bicyclic) bond motifs is 1. The standard InChI is InChI=1S/C20H32N6O/c1-14(18-21-19(24-27-18)20(2,3)4)25-11-8-9-15(13-25)17-23-22-16-10-6-5-7-12-26(16)17/h14-15H,5-13H2,1-4H3/t14-,15-/m1/s1. The Morgan fingerprint density at radius 1 is 1.07 bits per heavy atom. The number of aryl methyl sites for hydroxylation is 1. The first-order chi connectivity index (χ1) is 12.9. The molecule has 2 atom stereocenters. The van der Waals surface area contributed by atoms with Crippen molar-refractivity contribution in [3.05, 3.63) is 23.4 Å². The van der Waals surface area contributed by atoms with Gasteiger partial charge in [0.1, 0.15) is 11.6 Å². The van der Waals surface area contributed by atoms with Gasteiger partial charge in [0, 0.05) is 30.8 Å². The Bertz CT molecular complexity index is 774. The topological polar surface area (TPSA) is 72.9 Å². The predicted octanol–water partition coefficient (Wildman–Crippen LogP) is 3.63. The lowest BCUT2D eigenvalue weighted by molar-refractivity contribution is 0.129. The van der Waals surface area contributed by atoms with Gasteiger partial charge < -0.3 is 9.09 Å². The van der Waals surface area contributed by atoms with E-state index in [2.05, 4.69) is 57.5 Å². The highest BCUT2D eigenvalue weighted by Crippen LogP contribution is 2.32. The van der Waals surface area contributed by atoms with E-state index in [1.54, 1.807) is 0 Å². The summed E-state index contributed by atoms with van der Waals surface area (Å²) < 4.78 is 8.00. The van der Waals surface area contributed by atoms with Crippen molar-refractivity contribution >= 4 is 0 Å². The van der Waals surface area contributed by atoms with Crippen LogP contribution in [0.15, 0.2) is 4.52 Å². The lowest BCUT2D eigenvalue weighted by Crippen LogP contribution is -2.37. The normalized spacial score (nSPS) is 23.0. The van der Waals surface area contributed by atoms with Gasteiger partial charge in [-0.15, -0.1) is 10.2 Å². The monoisotopic (exact) mass is 372 g/mol. The molecule has 148 valence electrons. The summed E-state index contributed by atoms with van der Waals surface area (Å²) in [4.78, 5) is 7.14. The Kier molecular flexibility index (Phi) is 5.05. The highest BCUT2D eigenvalue weighted by Gasteiger charge is 2.32. The smallest absolute Gasteiger partial charge is 0.243 e. The van der Waals surface area contributed by atoms with Crippen LogP contribution in [0.5, 0.6) is 0 Å². The maximum Gasteiger partial charge on any atom is 0.243 e. The number of hydrogen-bond donors (Lipinski definition) is 0. The first kappa shape index (κ1) is 18.6. The molecule has 1 saturated heterocycles. The summed E-state index contributed by atoms with van der Waals surface area (Å²) in [5, 5.41) is 13.3. The van der Waals surface area contributed by atoms with Crippen LogP contribution in [0.2, 0.25) is 0 Å². The maximum atomic E-state index is 5.60. The third-order valence-electron chi connectivity index (χ3n) is 5.97. The molecule has 0 aliphatic carbocycles. The molecule has 1 fully saturated rings. The Hall–Kier alpha value is -1.76. The van der Waals surface area contributed by atoms with Gasteiger partial charge >= 0.3 is 0 Å². The molecule has 0 aromatic carbocycles. The van der Waals surface area contributed by atoms with Crippen molar-refractivity contribution in [2.24, 2.45) is 0 Å². The molecule has 0 unspecified atom stereocenters. The molecule has 2 aliphatic heterocycles. The van der Waals surface area contributed by atoms with Crippen molar-refractivity contribution in [3.63, 3.8) is 0 Å². The molecule has 0 bridgehead atoms. The molecule has 0 saturated carbocycles. The van der Waals surface area contributed by atoms with Crippen LogP contribution >= 0.6 is 0 Å². The minimum Gasteiger partial charge on any atom is -0.338 e. The van der Waals surface area contributed by atoms with Gasteiger partial charge in [-0.2, -0.15) is 4.98 Å². The largest absolute Gasteiger partial charge is 0.338 e. The second-order valence-electron chi connectivity index (χ2n) is 9.15. The van der Waals surface area contributed by atoms with Gasteiger partial charge in [-0.3, -0.25) is 4.90 Å². The third-order valence-corrected chi connectivity index (χ3v) is 5.97. The molecule has 4 rings (SSSR count). The van der Waals surface area contributed by atoms with Crippen LogP contribution in [0.4, 0.5) is 0 Å². The molecule has 2 aromatic heterocycles. The van der Waals surface area contributed by atoms with E-state index in [1.807, 2.05) is 0 Å². The van der Waals surface area contributed by atoms with Gasteiger partial charge in [0.2, 0.25) is 5.89 Å². The zero-order valence-corrected chi connectivity index (χ0v) is 17.1. The van der Waals surface area contributed by atoms with Gasteiger partial charge in [0.15, 0.2) is 5.82 Å². The van der Waals surface area contributed by atoms with E-state index in [9.17, 15) is 0 Å². The molecule has 0 N–H and O–H groups in total. The zero-order valence-electron chi connectivity index (χ0n) is 17.1. The highest BCUT2D eigenvalue weighted by atomic mass is 16.5. The average molecular weight is 373 g/mol. The summed E-state index contributed by atoms with van der Waals surface area (Å²) in [7, 11) is 0. The van der Waals surface area contributed by atoms with Crippen LogP contribution in [0.3, 0.4) is 0 Å². The molecule has 7 heteroatoms. The summed E-state index contributed by atoms with van der Waals surface area (Å²) in [6.45, 7) is 11.6. The number of likely N-dealkylation sites (tertiary alicyclic amines) is 1. The molecule has 4 heterocycles. The lowest BCUT2D eigenvalue weighted by Gasteiger charge is -2.35.